The number of hydrogen-bond acceptors (Lipinski definition) is 1. The molecule has 0 aromatic carbocycles. The first-order valence-corrected chi connectivity index (χ1v) is 9.99. The minimum absolute atomic E-state index is 0.673. The average molecular weight is 289 g/mol. The molecular formula is C17H24SSi. The van der Waals surface area contributed by atoms with Gasteiger partial charge in [-0.05, 0) is 28.8 Å². The Hall–Kier alpha value is -0.963. The largest absolute Gasteiger partial charge is 0.146 e. The van der Waals surface area contributed by atoms with Crippen molar-refractivity contribution in [3.63, 3.8) is 0 Å². The molecule has 0 unspecified atom stereocenters. The number of thiophene rings is 1. The molecule has 0 saturated heterocycles. The van der Waals surface area contributed by atoms with Crippen molar-refractivity contribution < 1.29 is 0 Å². The van der Waals surface area contributed by atoms with Crippen molar-refractivity contribution in [1.82, 2.24) is 0 Å². The fourth-order valence-corrected chi connectivity index (χ4v) is 9.06. The molecule has 0 N–H and O–H groups in total. The van der Waals surface area contributed by atoms with Crippen molar-refractivity contribution in [3.05, 3.63) is 21.9 Å². The number of rotatable bonds is 3. The second kappa shape index (κ2) is 6.46. The van der Waals surface area contributed by atoms with Gasteiger partial charge in [-0.2, -0.15) is 0 Å². The van der Waals surface area contributed by atoms with Gasteiger partial charge < -0.3 is 0 Å². The highest BCUT2D eigenvalue weighted by Crippen LogP contribution is 2.40. The molecule has 102 valence electrons. The summed E-state index contributed by atoms with van der Waals surface area (Å²) in [6, 6.07) is 4.03. The van der Waals surface area contributed by atoms with Gasteiger partial charge in [0.25, 0.3) is 0 Å². The van der Waals surface area contributed by atoms with Gasteiger partial charge in [0, 0.05) is 0 Å². The zero-order chi connectivity index (χ0) is 14.6. The van der Waals surface area contributed by atoms with Crippen molar-refractivity contribution >= 4 is 19.4 Å². The summed E-state index contributed by atoms with van der Waals surface area (Å²) in [5.41, 5.74) is 5.74. The first-order chi connectivity index (χ1) is 8.84. The maximum absolute atomic E-state index is 5.41. The van der Waals surface area contributed by atoms with E-state index in [1.807, 2.05) is 12.1 Å². The molecule has 0 saturated carbocycles. The standard InChI is InChI=1S/C17H24SSi/c1-8-16-9-10-17(18-16)11-12-19(13(2)3,14(4)5)15(6)7/h1,9-10,13-15H,2-7H3. The lowest BCUT2D eigenvalue weighted by Crippen LogP contribution is -2.43. The summed E-state index contributed by atoms with van der Waals surface area (Å²) in [6.45, 7) is 14.0. The van der Waals surface area contributed by atoms with Gasteiger partial charge in [-0.25, -0.2) is 0 Å². The van der Waals surface area contributed by atoms with Crippen molar-refractivity contribution in [3.8, 4) is 23.8 Å². The Bertz CT molecular complexity index is 496. The Balaban J connectivity index is 3.19. The van der Waals surface area contributed by atoms with E-state index in [1.54, 1.807) is 11.3 Å². The Morgan fingerprint density at radius 2 is 1.42 bits per heavy atom. The zero-order valence-corrected chi connectivity index (χ0v) is 14.7. The highest BCUT2D eigenvalue weighted by Gasteiger charge is 2.41. The van der Waals surface area contributed by atoms with Crippen LogP contribution in [0.3, 0.4) is 0 Å². The second-order valence-corrected chi connectivity index (χ2v) is 12.6. The van der Waals surface area contributed by atoms with E-state index in [0.29, 0.717) is 16.6 Å². The van der Waals surface area contributed by atoms with E-state index in [1.165, 1.54) is 0 Å². The van der Waals surface area contributed by atoms with Gasteiger partial charge >= 0.3 is 0 Å². The van der Waals surface area contributed by atoms with E-state index in [-0.39, 0.29) is 0 Å². The molecule has 1 aromatic rings. The van der Waals surface area contributed by atoms with Crippen LogP contribution in [-0.2, 0) is 0 Å². The van der Waals surface area contributed by atoms with Gasteiger partial charge in [-0.1, -0.05) is 53.4 Å². The highest BCUT2D eigenvalue weighted by molar-refractivity contribution is 7.13. The van der Waals surface area contributed by atoms with Crippen molar-refractivity contribution in [2.75, 3.05) is 0 Å². The fourth-order valence-electron chi connectivity index (χ4n) is 3.09. The van der Waals surface area contributed by atoms with Crippen LogP contribution in [0.2, 0.25) is 16.6 Å². The molecule has 0 aliphatic rings. The fraction of sp³-hybridized carbons (Fsp3) is 0.529. The summed E-state index contributed by atoms with van der Waals surface area (Å²) >= 11 is 1.62. The van der Waals surface area contributed by atoms with Crippen LogP contribution in [0.1, 0.15) is 51.3 Å². The van der Waals surface area contributed by atoms with E-state index in [9.17, 15) is 0 Å². The van der Waals surface area contributed by atoms with Gasteiger partial charge in [0.05, 0.1) is 9.75 Å². The minimum Gasteiger partial charge on any atom is -0.124 e. The Kier molecular flexibility index (Phi) is 5.47. The van der Waals surface area contributed by atoms with Gasteiger partial charge in [-0.3, -0.25) is 0 Å². The second-order valence-electron chi connectivity index (χ2n) is 5.96. The summed E-state index contributed by atoms with van der Waals surface area (Å²) in [5.74, 6) is 6.09. The lowest BCUT2D eigenvalue weighted by Gasteiger charge is -2.38. The third-order valence-electron chi connectivity index (χ3n) is 4.02. The monoisotopic (exact) mass is 288 g/mol. The number of terminal acetylenes is 1. The van der Waals surface area contributed by atoms with E-state index >= 15 is 0 Å². The third kappa shape index (κ3) is 3.33. The molecule has 0 aliphatic carbocycles. The SMILES string of the molecule is C#Cc1ccc(C#C[Si](C(C)C)(C(C)C)C(C)C)s1. The summed E-state index contributed by atoms with van der Waals surface area (Å²) in [6.07, 6.45) is 5.41. The topological polar surface area (TPSA) is 0 Å². The first kappa shape index (κ1) is 16.1. The van der Waals surface area contributed by atoms with Crippen LogP contribution in [0.4, 0.5) is 0 Å². The molecule has 1 rings (SSSR count). The molecule has 0 radical (unpaired) electrons. The maximum Gasteiger partial charge on any atom is 0.146 e. The molecule has 0 fully saturated rings. The Morgan fingerprint density at radius 3 is 1.79 bits per heavy atom. The quantitative estimate of drug-likeness (QED) is 0.523. The predicted molar refractivity (Wildman–Crippen MR) is 90.2 cm³/mol. The van der Waals surface area contributed by atoms with Crippen LogP contribution in [0, 0.1) is 23.8 Å². The van der Waals surface area contributed by atoms with Crippen molar-refractivity contribution in [1.29, 1.82) is 0 Å². The van der Waals surface area contributed by atoms with E-state index in [4.69, 9.17) is 6.42 Å². The van der Waals surface area contributed by atoms with Crippen LogP contribution < -0.4 is 0 Å². The van der Waals surface area contributed by atoms with Crippen LogP contribution in [-0.4, -0.2) is 8.07 Å². The van der Waals surface area contributed by atoms with Crippen LogP contribution in [0.25, 0.3) is 0 Å². The van der Waals surface area contributed by atoms with Crippen molar-refractivity contribution in [2.45, 2.75) is 58.2 Å². The Labute approximate surface area is 123 Å². The smallest absolute Gasteiger partial charge is 0.124 e. The third-order valence-corrected chi connectivity index (χ3v) is 11.2. The Morgan fingerprint density at radius 1 is 0.947 bits per heavy atom. The molecule has 2 heteroatoms. The van der Waals surface area contributed by atoms with Gasteiger partial charge in [0.15, 0.2) is 0 Å². The lowest BCUT2D eigenvalue weighted by atomic mass is 10.4. The summed E-state index contributed by atoms with van der Waals surface area (Å²) < 4.78 is 0. The molecule has 0 nitrogen and oxygen atoms in total. The summed E-state index contributed by atoms with van der Waals surface area (Å²) in [5, 5.41) is 0. The summed E-state index contributed by atoms with van der Waals surface area (Å²) in [4.78, 5) is 2.07. The lowest BCUT2D eigenvalue weighted by molar-refractivity contribution is 0.838. The van der Waals surface area contributed by atoms with Crippen molar-refractivity contribution in [2.24, 2.45) is 0 Å². The summed E-state index contributed by atoms with van der Waals surface area (Å²) in [7, 11) is -1.62. The molecule has 0 aliphatic heterocycles. The minimum atomic E-state index is -1.62. The first-order valence-electron chi connectivity index (χ1n) is 6.94. The number of hydrogen-bond donors (Lipinski definition) is 0. The van der Waals surface area contributed by atoms with Crippen LogP contribution in [0.15, 0.2) is 12.1 Å². The molecule has 19 heavy (non-hydrogen) atoms. The highest BCUT2D eigenvalue weighted by atomic mass is 32.1. The molecule has 0 amide bonds. The van der Waals surface area contributed by atoms with Crippen LogP contribution in [0.5, 0.6) is 0 Å². The molecule has 0 atom stereocenters. The predicted octanol–water partition coefficient (Wildman–Crippen LogP) is 5.30. The molecule has 0 spiro atoms. The maximum atomic E-state index is 5.41. The van der Waals surface area contributed by atoms with Crippen LogP contribution >= 0.6 is 11.3 Å². The van der Waals surface area contributed by atoms with Gasteiger partial charge in [0.1, 0.15) is 8.07 Å². The van der Waals surface area contributed by atoms with E-state index in [0.717, 1.165) is 9.75 Å². The molecule has 1 heterocycles. The van der Waals surface area contributed by atoms with E-state index in [2.05, 4.69) is 58.9 Å². The average Bonchev–Trinajstić information content (AvgIpc) is 2.76. The zero-order valence-electron chi connectivity index (χ0n) is 12.9. The molecule has 0 bridgehead atoms. The van der Waals surface area contributed by atoms with Gasteiger partial charge in [-0.15, -0.1) is 23.3 Å². The normalized spacial score (nSPS) is 11.6. The molecular weight excluding hydrogens is 264 g/mol. The molecule has 1 aromatic heterocycles. The van der Waals surface area contributed by atoms with E-state index < -0.39 is 8.07 Å². The van der Waals surface area contributed by atoms with Gasteiger partial charge in [0.2, 0.25) is 0 Å².